The SMILES string of the molecule is Cc1ccc(C(CN)Nc2cccc(Cl)c2)cc1F. The number of halogens is 2. The molecule has 19 heavy (non-hydrogen) atoms. The molecule has 2 aromatic rings. The fourth-order valence-corrected chi connectivity index (χ4v) is 2.07. The van der Waals surface area contributed by atoms with E-state index in [2.05, 4.69) is 5.32 Å². The average Bonchev–Trinajstić information content (AvgIpc) is 2.39. The molecule has 4 heteroatoms. The van der Waals surface area contributed by atoms with Crippen LogP contribution in [0.2, 0.25) is 5.02 Å². The molecular formula is C15H16ClFN2. The maximum absolute atomic E-state index is 13.6. The van der Waals surface area contributed by atoms with Gasteiger partial charge in [-0.2, -0.15) is 0 Å². The van der Waals surface area contributed by atoms with Gasteiger partial charge in [0.2, 0.25) is 0 Å². The molecule has 2 nitrogen and oxygen atoms in total. The molecule has 1 atom stereocenters. The molecule has 0 aliphatic rings. The monoisotopic (exact) mass is 278 g/mol. The molecule has 0 aliphatic heterocycles. The van der Waals surface area contributed by atoms with Crippen LogP contribution < -0.4 is 11.1 Å². The van der Waals surface area contributed by atoms with Gasteiger partial charge in [0.15, 0.2) is 0 Å². The molecule has 0 saturated heterocycles. The Hall–Kier alpha value is -1.58. The summed E-state index contributed by atoms with van der Waals surface area (Å²) >= 11 is 5.93. The normalized spacial score (nSPS) is 12.2. The predicted octanol–water partition coefficient (Wildman–Crippen LogP) is 3.90. The van der Waals surface area contributed by atoms with Gasteiger partial charge in [0.05, 0.1) is 6.04 Å². The van der Waals surface area contributed by atoms with E-state index in [4.69, 9.17) is 17.3 Å². The van der Waals surface area contributed by atoms with Gasteiger partial charge in [-0.05, 0) is 42.3 Å². The molecule has 2 aromatic carbocycles. The van der Waals surface area contributed by atoms with Gasteiger partial charge >= 0.3 is 0 Å². The van der Waals surface area contributed by atoms with Gasteiger partial charge < -0.3 is 11.1 Å². The van der Waals surface area contributed by atoms with Crippen molar-refractivity contribution >= 4 is 17.3 Å². The third-order valence-corrected chi connectivity index (χ3v) is 3.23. The number of benzene rings is 2. The Labute approximate surface area is 117 Å². The van der Waals surface area contributed by atoms with E-state index in [0.717, 1.165) is 11.3 Å². The summed E-state index contributed by atoms with van der Waals surface area (Å²) < 4.78 is 13.6. The molecule has 0 fully saturated rings. The van der Waals surface area contributed by atoms with Crippen LogP contribution >= 0.6 is 11.6 Å². The van der Waals surface area contributed by atoms with Gasteiger partial charge in [-0.1, -0.05) is 29.8 Å². The number of rotatable bonds is 4. The highest BCUT2D eigenvalue weighted by atomic mass is 35.5. The van der Waals surface area contributed by atoms with E-state index in [1.54, 1.807) is 19.1 Å². The lowest BCUT2D eigenvalue weighted by molar-refractivity contribution is 0.613. The van der Waals surface area contributed by atoms with Gasteiger partial charge in [0.1, 0.15) is 5.82 Å². The second kappa shape index (κ2) is 6.04. The van der Waals surface area contributed by atoms with Crippen molar-refractivity contribution in [3.05, 3.63) is 64.4 Å². The lowest BCUT2D eigenvalue weighted by Gasteiger charge is -2.19. The Morgan fingerprint density at radius 2 is 2.05 bits per heavy atom. The summed E-state index contributed by atoms with van der Waals surface area (Å²) in [6.07, 6.45) is 0. The van der Waals surface area contributed by atoms with Crippen molar-refractivity contribution < 1.29 is 4.39 Å². The summed E-state index contributed by atoms with van der Waals surface area (Å²) in [6, 6.07) is 12.4. The van der Waals surface area contributed by atoms with E-state index in [1.165, 1.54) is 6.07 Å². The van der Waals surface area contributed by atoms with Gasteiger partial charge in [0.25, 0.3) is 0 Å². The molecule has 0 amide bonds. The zero-order chi connectivity index (χ0) is 13.8. The van der Waals surface area contributed by atoms with Crippen LogP contribution in [0.4, 0.5) is 10.1 Å². The van der Waals surface area contributed by atoms with Crippen molar-refractivity contribution in [3.8, 4) is 0 Å². The third kappa shape index (κ3) is 3.46. The highest BCUT2D eigenvalue weighted by Crippen LogP contribution is 2.22. The van der Waals surface area contributed by atoms with Crippen molar-refractivity contribution in [2.24, 2.45) is 5.73 Å². The topological polar surface area (TPSA) is 38.0 Å². The van der Waals surface area contributed by atoms with E-state index in [9.17, 15) is 4.39 Å². The molecule has 0 spiro atoms. The van der Waals surface area contributed by atoms with Crippen molar-refractivity contribution in [1.82, 2.24) is 0 Å². The number of nitrogens with one attached hydrogen (secondary N) is 1. The van der Waals surface area contributed by atoms with E-state index >= 15 is 0 Å². The second-order valence-corrected chi connectivity index (χ2v) is 4.89. The Bertz CT molecular complexity index is 572. The Morgan fingerprint density at radius 3 is 2.68 bits per heavy atom. The van der Waals surface area contributed by atoms with Crippen LogP contribution in [0.1, 0.15) is 17.2 Å². The van der Waals surface area contributed by atoms with Crippen molar-refractivity contribution in [1.29, 1.82) is 0 Å². The lowest BCUT2D eigenvalue weighted by Crippen LogP contribution is -2.20. The first-order valence-corrected chi connectivity index (χ1v) is 6.46. The minimum Gasteiger partial charge on any atom is -0.377 e. The minimum atomic E-state index is -0.219. The summed E-state index contributed by atoms with van der Waals surface area (Å²) in [6.45, 7) is 2.11. The van der Waals surface area contributed by atoms with Crippen molar-refractivity contribution in [3.63, 3.8) is 0 Å². The molecule has 0 bridgehead atoms. The zero-order valence-corrected chi connectivity index (χ0v) is 11.4. The predicted molar refractivity (Wildman–Crippen MR) is 78.0 cm³/mol. The molecule has 0 heterocycles. The lowest BCUT2D eigenvalue weighted by atomic mass is 10.0. The van der Waals surface area contributed by atoms with Crippen LogP contribution in [0.3, 0.4) is 0 Å². The third-order valence-electron chi connectivity index (χ3n) is 3.00. The number of aryl methyl sites for hydroxylation is 1. The maximum Gasteiger partial charge on any atom is 0.126 e. The Morgan fingerprint density at radius 1 is 1.26 bits per heavy atom. The largest absolute Gasteiger partial charge is 0.377 e. The molecular weight excluding hydrogens is 263 g/mol. The second-order valence-electron chi connectivity index (χ2n) is 4.45. The molecule has 3 N–H and O–H groups in total. The van der Waals surface area contributed by atoms with Gasteiger partial charge in [-0.15, -0.1) is 0 Å². The quantitative estimate of drug-likeness (QED) is 0.890. The van der Waals surface area contributed by atoms with E-state index in [0.29, 0.717) is 17.1 Å². The van der Waals surface area contributed by atoms with Crippen LogP contribution in [-0.2, 0) is 0 Å². The average molecular weight is 279 g/mol. The summed E-state index contributed by atoms with van der Waals surface area (Å²) in [7, 11) is 0. The van der Waals surface area contributed by atoms with Crippen molar-refractivity contribution in [2.45, 2.75) is 13.0 Å². The molecule has 0 aromatic heterocycles. The molecule has 100 valence electrons. The number of anilines is 1. The Balaban J connectivity index is 2.22. The standard InChI is InChI=1S/C15H16ClFN2/c1-10-5-6-11(7-14(10)17)15(9-18)19-13-4-2-3-12(16)8-13/h2-8,15,19H,9,18H2,1H3. The van der Waals surface area contributed by atoms with Crippen LogP contribution in [0.15, 0.2) is 42.5 Å². The maximum atomic E-state index is 13.6. The minimum absolute atomic E-state index is 0.145. The zero-order valence-electron chi connectivity index (χ0n) is 10.7. The fraction of sp³-hybridized carbons (Fsp3) is 0.200. The van der Waals surface area contributed by atoms with Gasteiger partial charge in [0, 0.05) is 17.3 Å². The molecule has 1 unspecified atom stereocenters. The van der Waals surface area contributed by atoms with E-state index in [1.807, 2.05) is 24.3 Å². The number of hydrogen-bond acceptors (Lipinski definition) is 2. The van der Waals surface area contributed by atoms with Crippen molar-refractivity contribution in [2.75, 3.05) is 11.9 Å². The van der Waals surface area contributed by atoms with Gasteiger partial charge in [-0.25, -0.2) is 4.39 Å². The summed E-state index contributed by atoms with van der Waals surface area (Å²) in [4.78, 5) is 0. The molecule has 0 aliphatic carbocycles. The van der Waals surface area contributed by atoms with Crippen LogP contribution in [0.25, 0.3) is 0 Å². The van der Waals surface area contributed by atoms with E-state index < -0.39 is 0 Å². The van der Waals surface area contributed by atoms with Crippen LogP contribution in [-0.4, -0.2) is 6.54 Å². The first kappa shape index (κ1) is 13.8. The highest BCUT2D eigenvalue weighted by molar-refractivity contribution is 6.30. The number of hydrogen-bond donors (Lipinski definition) is 2. The smallest absolute Gasteiger partial charge is 0.126 e. The summed E-state index contributed by atoms with van der Waals surface area (Å²) in [5.41, 5.74) is 8.08. The first-order chi connectivity index (χ1) is 9.10. The van der Waals surface area contributed by atoms with E-state index in [-0.39, 0.29) is 11.9 Å². The highest BCUT2D eigenvalue weighted by Gasteiger charge is 2.11. The first-order valence-electron chi connectivity index (χ1n) is 6.08. The number of nitrogens with two attached hydrogens (primary N) is 1. The fourth-order valence-electron chi connectivity index (χ4n) is 1.88. The van der Waals surface area contributed by atoms with Crippen LogP contribution in [0, 0.1) is 12.7 Å². The molecule has 0 saturated carbocycles. The summed E-state index contributed by atoms with van der Waals surface area (Å²) in [5.74, 6) is -0.219. The summed E-state index contributed by atoms with van der Waals surface area (Å²) in [5, 5.41) is 3.91. The Kier molecular flexibility index (Phi) is 4.40. The van der Waals surface area contributed by atoms with Gasteiger partial charge in [-0.3, -0.25) is 0 Å². The molecule has 0 radical (unpaired) electrons. The van der Waals surface area contributed by atoms with Crippen LogP contribution in [0.5, 0.6) is 0 Å². The molecule has 2 rings (SSSR count).